The van der Waals surface area contributed by atoms with E-state index in [-0.39, 0.29) is 17.0 Å². The van der Waals surface area contributed by atoms with Crippen LogP contribution in [-0.2, 0) is 0 Å². The van der Waals surface area contributed by atoms with E-state index < -0.39 is 17.5 Å². The molecule has 0 saturated carbocycles. The number of halogens is 2. The number of anilines is 1. The standard InChI is InChI=1S/C15H13F2NO2/c1-9-3-5-12(16)11(7-9)15(19)18-10-4-6-14(20-2)13(17)8-10/h3-8H,1-2H3,(H,18,19). The largest absolute Gasteiger partial charge is 0.494 e. The summed E-state index contributed by atoms with van der Waals surface area (Å²) in [5.41, 5.74) is 0.910. The van der Waals surface area contributed by atoms with Gasteiger partial charge in [0.25, 0.3) is 5.91 Å². The first-order chi connectivity index (χ1) is 9.51. The summed E-state index contributed by atoms with van der Waals surface area (Å²) in [5.74, 6) is -1.78. The van der Waals surface area contributed by atoms with Crippen molar-refractivity contribution in [3.63, 3.8) is 0 Å². The molecule has 0 aliphatic heterocycles. The van der Waals surface area contributed by atoms with Crippen molar-refractivity contribution >= 4 is 11.6 Å². The molecule has 0 atom stereocenters. The van der Waals surface area contributed by atoms with Crippen molar-refractivity contribution in [2.24, 2.45) is 0 Å². The van der Waals surface area contributed by atoms with Crippen molar-refractivity contribution in [3.05, 3.63) is 59.2 Å². The Morgan fingerprint density at radius 3 is 2.50 bits per heavy atom. The third-order valence-corrected chi connectivity index (χ3v) is 2.78. The predicted molar refractivity (Wildman–Crippen MR) is 72.0 cm³/mol. The number of benzene rings is 2. The fourth-order valence-electron chi connectivity index (χ4n) is 1.76. The fourth-order valence-corrected chi connectivity index (χ4v) is 1.76. The van der Waals surface area contributed by atoms with E-state index in [1.807, 2.05) is 0 Å². The van der Waals surface area contributed by atoms with Crippen LogP contribution in [0.5, 0.6) is 5.75 Å². The van der Waals surface area contributed by atoms with Crippen LogP contribution in [0.4, 0.5) is 14.5 Å². The molecule has 5 heteroatoms. The van der Waals surface area contributed by atoms with Gasteiger partial charge in [-0.3, -0.25) is 4.79 Å². The lowest BCUT2D eigenvalue weighted by atomic mass is 10.1. The van der Waals surface area contributed by atoms with Crippen molar-refractivity contribution < 1.29 is 18.3 Å². The summed E-state index contributed by atoms with van der Waals surface area (Å²) in [6.07, 6.45) is 0. The molecule has 0 spiro atoms. The van der Waals surface area contributed by atoms with Crippen molar-refractivity contribution in [1.82, 2.24) is 0 Å². The summed E-state index contributed by atoms with van der Waals surface area (Å²) in [6, 6.07) is 8.21. The van der Waals surface area contributed by atoms with Crippen molar-refractivity contribution in [1.29, 1.82) is 0 Å². The van der Waals surface area contributed by atoms with Crippen LogP contribution < -0.4 is 10.1 Å². The Morgan fingerprint density at radius 2 is 1.85 bits per heavy atom. The summed E-state index contributed by atoms with van der Waals surface area (Å²) < 4.78 is 31.8. The summed E-state index contributed by atoms with van der Waals surface area (Å²) in [4.78, 5) is 11.9. The Morgan fingerprint density at radius 1 is 1.10 bits per heavy atom. The predicted octanol–water partition coefficient (Wildman–Crippen LogP) is 3.53. The van der Waals surface area contributed by atoms with Crippen LogP contribution in [0, 0.1) is 18.6 Å². The molecule has 3 nitrogen and oxygen atoms in total. The molecule has 0 unspecified atom stereocenters. The number of hydrogen-bond donors (Lipinski definition) is 1. The quantitative estimate of drug-likeness (QED) is 0.932. The van der Waals surface area contributed by atoms with Crippen molar-refractivity contribution in [3.8, 4) is 5.75 Å². The third-order valence-electron chi connectivity index (χ3n) is 2.78. The van der Waals surface area contributed by atoms with Gasteiger partial charge in [0.15, 0.2) is 11.6 Å². The molecule has 0 aromatic heterocycles. The number of ether oxygens (including phenoxy) is 1. The molecule has 0 radical (unpaired) electrons. The van der Waals surface area contributed by atoms with Crippen LogP contribution in [0.25, 0.3) is 0 Å². The summed E-state index contributed by atoms with van der Waals surface area (Å²) in [5, 5.41) is 2.44. The molecule has 1 N–H and O–H groups in total. The maximum Gasteiger partial charge on any atom is 0.258 e. The van der Waals surface area contributed by atoms with Gasteiger partial charge in [0.1, 0.15) is 5.82 Å². The van der Waals surface area contributed by atoms with Crippen molar-refractivity contribution in [2.45, 2.75) is 6.92 Å². The van der Waals surface area contributed by atoms with Gasteiger partial charge < -0.3 is 10.1 Å². The van der Waals surface area contributed by atoms with E-state index >= 15 is 0 Å². The van der Waals surface area contributed by atoms with E-state index in [1.54, 1.807) is 13.0 Å². The van der Waals surface area contributed by atoms with Gasteiger partial charge in [-0.25, -0.2) is 8.78 Å². The second-order valence-corrected chi connectivity index (χ2v) is 4.29. The highest BCUT2D eigenvalue weighted by Gasteiger charge is 2.13. The molecule has 2 aromatic rings. The number of nitrogens with one attached hydrogen (secondary N) is 1. The van der Waals surface area contributed by atoms with Gasteiger partial charge in [-0.05, 0) is 31.2 Å². The first kappa shape index (κ1) is 14.0. The first-order valence-corrected chi connectivity index (χ1v) is 5.92. The molecule has 0 heterocycles. The topological polar surface area (TPSA) is 38.3 Å². The Bertz CT molecular complexity index is 656. The SMILES string of the molecule is COc1ccc(NC(=O)c2cc(C)ccc2F)cc1F. The molecule has 0 aliphatic rings. The maximum absolute atomic E-state index is 13.6. The Kier molecular flexibility index (Phi) is 3.98. The van der Waals surface area contributed by atoms with Crippen LogP contribution in [0.1, 0.15) is 15.9 Å². The Hall–Kier alpha value is -2.43. The second kappa shape index (κ2) is 5.69. The lowest BCUT2D eigenvalue weighted by Crippen LogP contribution is -2.14. The van der Waals surface area contributed by atoms with Crippen LogP contribution in [0.3, 0.4) is 0 Å². The minimum atomic E-state index is -0.629. The molecular weight excluding hydrogens is 264 g/mol. The lowest BCUT2D eigenvalue weighted by molar-refractivity contribution is 0.102. The molecule has 0 saturated heterocycles. The van der Waals surface area contributed by atoms with Crippen LogP contribution in [0.2, 0.25) is 0 Å². The average Bonchev–Trinajstić information content (AvgIpc) is 2.41. The highest BCUT2D eigenvalue weighted by Crippen LogP contribution is 2.21. The third kappa shape index (κ3) is 2.93. The molecule has 0 fully saturated rings. The normalized spacial score (nSPS) is 10.2. The van der Waals surface area contributed by atoms with Gasteiger partial charge in [-0.15, -0.1) is 0 Å². The van der Waals surface area contributed by atoms with Crippen LogP contribution >= 0.6 is 0 Å². The van der Waals surface area contributed by atoms with Gasteiger partial charge in [0.2, 0.25) is 0 Å². The number of carbonyl (C=O) groups is 1. The number of carbonyl (C=O) groups excluding carboxylic acids is 1. The van der Waals surface area contributed by atoms with Gasteiger partial charge in [0, 0.05) is 11.8 Å². The molecule has 104 valence electrons. The molecule has 2 aromatic carbocycles. The van der Waals surface area contributed by atoms with E-state index in [0.29, 0.717) is 0 Å². The summed E-state index contributed by atoms with van der Waals surface area (Å²) >= 11 is 0. The minimum Gasteiger partial charge on any atom is -0.494 e. The van der Waals surface area contributed by atoms with E-state index in [2.05, 4.69) is 5.32 Å². The molecule has 2 rings (SSSR count). The number of methoxy groups -OCH3 is 1. The number of amides is 1. The van der Waals surface area contributed by atoms with Crippen molar-refractivity contribution in [2.75, 3.05) is 12.4 Å². The molecule has 1 amide bonds. The van der Waals surface area contributed by atoms with Crippen LogP contribution in [-0.4, -0.2) is 13.0 Å². The average molecular weight is 277 g/mol. The van der Waals surface area contributed by atoms with E-state index in [9.17, 15) is 13.6 Å². The highest BCUT2D eigenvalue weighted by atomic mass is 19.1. The van der Waals surface area contributed by atoms with E-state index in [4.69, 9.17) is 4.74 Å². The monoisotopic (exact) mass is 277 g/mol. The lowest BCUT2D eigenvalue weighted by Gasteiger charge is -2.08. The smallest absolute Gasteiger partial charge is 0.258 e. The zero-order valence-electron chi connectivity index (χ0n) is 11.0. The minimum absolute atomic E-state index is 0.0738. The van der Waals surface area contributed by atoms with Gasteiger partial charge in [-0.2, -0.15) is 0 Å². The van der Waals surface area contributed by atoms with E-state index in [1.165, 1.54) is 31.4 Å². The van der Waals surface area contributed by atoms with Gasteiger partial charge >= 0.3 is 0 Å². The molecule has 20 heavy (non-hydrogen) atoms. The van der Waals surface area contributed by atoms with Crippen LogP contribution in [0.15, 0.2) is 36.4 Å². The Labute approximate surface area is 115 Å². The molecular formula is C15H13F2NO2. The first-order valence-electron chi connectivity index (χ1n) is 5.92. The summed E-state index contributed by atoms with van der Waals surface area (Å²) in [7, 11) is 1.35. The zero-order chi connectivity index (χ0) is 14.7. The van der Waals surface area contributed by atoms with Gasteiger partial charge in [0.05, 0.1) is 12.7 Å². The number of hydrogen-bond acceptors (Lipinski definition) is 2. The maximum atomic E-state index is 13.6. The fraction of sp³-hybridized carbons (Fsp3) is 0.133. The zero-order valence-corrected chi connectivity index (χ0v) is 11.0. The molecule has 0 bridgehead atoms. The second-order valence-electron chi connectivity index (χ2n) is 4.29. The van der Waals surface area contributed by atoms with Gasteiger partial charge in [-0.1, -0.05) is 11.6 Å². The number of aryl methyl sites for hydroxylation is 1. The summed E-state index contributed by atoms with van der Waals surface area (Å²) in [6.45, 7) is 1.75. The Balaban J connectivity index is 2.23. The number of rotatable bonds is 3. The van der Waals surface area contributed by atoms with E-state index in [0.717, 1.165) is 11.6 Å². The highest BCUT2D eigenvalue weighted by molar-refractivity contribution is 6.04. The molecule has 0 aliphatic carbocycles.